The van der Waals surface area contributed by atoms with E-state index in [2.05, 4.69) is 10.1 Å². The van der Waals surface area contributed by atoms with Crippen LogP contribution in [0.5, 0.6) is 5.75 Å². The van der Waals surface area contributed by atoms with Crippen molar-refractivity contribution in [3.63, 3.8) is 0 Å². The smallest absolute Gasteiger partial charge is 0.313 e. The molecule has 0 fully saturated rings. The van der Waals surface area contributed by atoms with Gasteiger partial charge in [0.05, 0.1) is 23.9 Å². The molecule has 1 heterocycles. The van der Waals surface area contributed by atoms with E-state index in [0.29, 0.717) is 19.0 Å². The van der Waals surface area contributed by atoms with Crippen molar-refractivity contribution in [1.82, 2.24) is 4.98 Å². The molecule has 0 spiro atoms. The van der Waals surface area contributed by atoms with Crippen LogP contribution in [0.3, 0.4) is 0 Å². The third kappa shape index (κ3) is 6.17. The average molecular weight is 433 g/mol. The zero-order valence-corrected chi connectivity index (χ0v) is 18.7. The molecule has 2 aromatic carbocycles. The van der Waals surface area contributed by atoms with E-state index in [1.54, 1.807) is 13.1 Å². The van der Waals surface area contributed by atoms with Gasteiger partial charge in [-0.1, -0.05) is 53.7 Å². The SMILES string of the molecule is CCOC(=O)C(C)c1ccccc1OCCON=C(C)c1ccc(-c2ccccn2)cc1. The van der Waals surface area contributed by atoms with E-state index in [1.165, 1.54) is 0 Å². The minimum absolute atomic E-state index is 0.269. The molecule has 6 heteroatoms. The minimum atomic E-state index is -0.401. The van der Waals surface area contributed by atoms with Crippen molar-refractivity contribution < 1.29 is 19.1 Å². The second-order valence-electron chi connectivity index (χ2n) is 7.16. The van der Waals surface area contributed by atoms with Gasteiger partial charge in [-0.3, -0.25) is 9.78 Å². The highest BCUT2D eigenvalue weighted by Gasteiger charge is 2.20. The van der Waals surface area contributed by atoms with Gasteiger partial charge in [0, 0.05) is 17.3 Å². The van der Waals surface area contributed by atoms with Gasteiger partial charge in [0.25, 0.3) is 0 Å². The van der Waals surface area contributed by atoms with Gasteiger partial charge >= 0.3 is 5.97 Å². The average Bonchev–Trinajstić information content (AvgIpc) is 2.84. The van der Waals surface area contributed by atoms with Crippen LogP contribution in [0.2, 0.25) is 0 Å². The van der Waals surface area contributed by atoms with E-state index in [1.807, 2.05) is 80.6 Å². The summed E-state index contributed by atoms with van der Waals surface area (Å²) in [5.74, 6) is -0.0297. The largest absolute Gasteiger partial charge is 0.490 e. The van der Waals surface area contributed by atoms with Crippen LogP contribution in [-0.4, -0.2) is 36.5 Å². The highest BCUT2D eigenvalue weighted by Crippen LogP contribution is 2.27. The zero-order chi connectivity index (χ0) is 22.8. The maximum absolute atomic E-state index is 12.1. The van der Waals surface area contributed by atoms with Crippen molar-refractivity contribution in [3.05, 3.63) is 84.1 Å². The Morgan fingerprint density at radius 1 is 1.00 bits per heavy atom. The normalized spacial score (nSPS) is 12.2. The van der Waals surface area contributed by atoms with Crippen LogP contribution in [-0.2, 0) is 14.4 Å². The molecule has 1 atom stereocenters. The summed E-state index contributed by atoms with van der Waals surface area (Å²) in [6.45, 7) is 6.44. The van der Waals surface area contributed by atoms with Crippen LogP contribution < -0.4 is 4.74 Å². The van der Waals surface area contributed by atoms with Crippen molar-refractivity contribution in [1.29, 1.82) is 0 Å². The second kappa shape index (κ2) is 11.6. The Balaban J connectivity index is 1.52. The van der Waals surface area contributed by atoms with Crippen molar-refractivity contribution in [2.45, 2.75) is 26.7 Å². The number of para-hydroxylation sites is 1. The standard InChI is InChI=1S/C26H28N2O4/c1-4-30-26(29)19(2)23-9-5-6-11-25(23)31-17-18-32-28-20(3)21-12-14-22(15-13-21)24-10-7-8-16-27-24/h5-16,19H,4,17-18H2,1-3H3. The summed E-state index contributed by atoms with van der Waals surface area (Å²) in [4.78, 5) is 21.9. The molecule has 166 valence electrons. The number of rotatable bonds is 10. The number of ether oxygens (including phenoxy) is 2. The van der Waals surface area contributed by atoms with Crippen molar-refractivity contribution >= 4 is 11.7 Å². The van der Waals surface area contributed by atoms with E-state index in [9.17, 15) is 4.79 Å². The van der Waals surface area contributed by atoms with Gasteiger partial charge in [-0.05, 0) is 44.5 Å². The lowest BCUT2D eigenvalue weighted by Crippen LogP contribution is -2.15. The first kappa shape index (κ1) is 23.0. The predicted molar refractivity (Wildman–Crippen MR) is 125 cm³/mol. The van der Waals surface area contributed by atoms with Gasteiger partial charge in [-0.2, -0.15) is 0 Å². The molecule has 0 aliphatic rings. The number of pyridine rings is 1. The first-order valence-electron chi connectivity index (χ1n) is 10.7. The maximum Gasteiger partial charge on any atom is 0.313 e. The van der Waals surface area contributed by atoms with Crippen molar-refractivity contribution in [3.8, 4) is 17.0 Å². The molecular weight excluding hydrogens is 404 g/mol. The minimum Gasteiger partial charge on any atom is -0.490 e. The Kier molecular flexibility index (Phi) is 8.37. The van der Waals surface area contributed by atoms with E-state index in [4.69, 9.17) is 14.3 Å². The third-order valence-electron chi connectivity index (χ3n) is 4.92. The van der Waals surface area contributed by atoms with Crippen LogP contribution in [0.4, 0.5) is 0 Å². The summed E-state index contributed by atoms with van der Waals surface area (Å²) in [7, 11) is 0. The number of aromatic nitrogens is 1. The highest BCUT2D eigenvalue weighted by atomic mass is 16.6. The number of hydrogen-bond acceptors (Lipinski definition) is 6. The molecule has 0 aliphatic carbocycles. The summed E-state index contributed by atoms with van der Waals surface area (Å²) in [6, 6.07) is 21.3. The van der Waals surface area contributed by atoms with Gasteiger partial charge in [-0.15, -0.1) is 0 Å². The predicted octanol–water partition coefficient (Wildman–Crippen LogP) is 5.23. The summed E-state index contributed by atoms with van der Waals surface area (Å²) in [6.07, 6.45) is 1.78. The molecule has 0 amide bonds. The Hall–Kier alpha value is -3.67. The molecule has 32 heavy (non-hydrogen) atoms. The van der Waals surface area contributed by atoms with Crippen LogP contribution in [0.1, 0.15) is 37.8 Å². The fraction of sp³-hybridized carbons (Fsp3) is 0.269. The number of esters is 1. The Bertz CT molecular complexity index is 1030. The number of nitrogens with zero attached hydrogens (tertiary/aromatic N) is 2. The van der Waals surface area contributed by atoms with E-state index >= 15 is 0 Å². The molecular formula is C26H28N2O4. The van der Waals surface area contributed by atoms with Crippen LogP contribution in [0.25, 0.3) is 11.3 Å². The third-order valence-corrected chi connectivity index (χ3v) is 4.92. The van der Waals surface area contributed by atoms with Crippen molar-refractivity contribution in [2.75, 3.05) is 19.8 Å². The molecule has 0 aliphatic heterocycles. The molecule has 3 aromatic rings. The van der Waals surface area contributed by atoms with E-state index < -0.39 is 5.92 Å². The molecule has 1 unspecified atom stereocenters. The van der Waals surface area contributed by atoms with Crippen LogP contribution >= 0.6 is 0 Å². The molecule has 3 rings (SSSR count). The molecule has 6 nitrogen and oxygen atoms in total. The first-order chi connectivity index (χ1) is 15.6. The molecule has 0 saturated carbocycles. The number of carbonyl (C=O) groups is 1. The van der Waals surface area contributed by atoms with Gasteiger partial charge < -0.3 is 14.3 Å². The van der Waals surface area contributed by atoms with Crippen LogP contribution in [0, 0.1) is 0 Å². The van der Waals surface area contributed by atoms with Gasteiger partial charge in [0.1, 0.15) is 12.4 Å². The monoisotopic (exact) mass is 432 g/mol. The van der Waals surface area contributed by atoms with Gasteiger partial charge in [0.15, 0.2) is 6.61 Å². The van der Waals surface area contributed by atoms with Gasteiger partial charge in [0.2, 0.25) is 0 Å². The fourth-order valence-electron chi connectivity index (χ4n) is 3.16. The number of oxime groups is 1. The first-order valence-corrected chi connectivity index (χ1v) is 10.7. The maximum atomic E-state index is 12.1. The zero-order valence-electron chi connectivity index (χ0n) is 18.7. The Morgan fingerprint density at radius 3 is 2.47 bits per heavy atom. The van der Waals surface area contributed by atoms with Crippen LogP contribution in [0.15, 0.2) is 78.1 Å². The number of benzene rings is 2. The highest BCUT2D eigenvalue weighted by molar-refractivity contribution is 5.98. The summed E-state index contributed by atoms with van der Waals surface area (Å²) in [5, 5.41) is 4.19. The molecule has 1 aromatic heterocycles. The lowest BCUT2D eigenvalue weighted by Gasteiger charge is -2.15. The number of carbonyl (C=O) groups excluding carboxylic acids is 1. The molecule has 0 N–H and O–H groups in total. The molecule has 0 saturated heterocycles. The van der Waals surface area contributed by atoms with E-state index in [-0.39, 0.29) is 12.6 Å². The fourth-order valence-corrected chi connectivity index (χ4v) is 3.16. The summed E-state index contributed by atoms with van der Waals surface area (Å²) < 4.78 is 10.9. The lowest BCUT2D eigenvalue weighted by molar-refractivity contribution is -0.144. The Morgan fingerprint density at radius 2 is 1.75 bits per heavy atom. The van der Waals surface area contributed by atoms with Crippen molar-refractivity contribution in [2.24, 2.45) is 5.16 Å². The Labute approximate surface area is 188 Å². The number of hydrogen-bond donors (Lipinski definition) is 0. The quantitative estimate of drug-likeness (QED) is 0.190. The summed E-state index contributed by atoms with van der Waals surface area (Å²) >= 11 is 0. The lowest BCUT2D eigenvalue weighted by atomic mass is 10.0. The molecule has 0 radical (unpaired) electrons. The topological polar surface area (TPSA) is 70.0 Å². The van der Waals surface area contributed by atoms with Gasteiger partial charge in [-0.25, -0.2) is 0 Å². The summed E-state index contributed by atoms with van der Waals surface area (Å²) in [5.41, 5.74) is 4.51. The molecule has 0 bridgehead atoms. The second-order valence-corrected chi connectivity index (χ2v) is 7.16. The van der Waals surface area contributed by atoms with E-state index in [0.717, 1.165) is 28.1 Å².